The third-order valence-electron chi connectivity index (χ3n) is 3.19. The SMILES string of the molecule is CC(CSC(=O)Nc1ccc(Cl)c(Cl)c1)C(=O)Nc1ccc(Cl)cc1. The third-order valence-corrected chi connectivity index (χ3v) is 5.21. The summed E-state index contributed by atoms with van der Waals surface area (Å²) >= 11 is 18.6. The molecule has 0 bridgehead atoms. The molecule has 0 aliphatic heterocycles. The number of amides is 2. The van der Waals surface area contributed by atoms with Gasteiger partial charge in [0.1, 0.15) is 0 Å². The van der Waals surface area contributed by atoms with E-state index in [1.807, 2.05) is 0 Å². The molecule has 25 heavy (non-hydrogen) atoms. The van der Waals surface area contributed by atoms with E-state index in [0.29, 0.717) is 32.2 Å². The molecule has 132 valence electrons. The molecule has 0 radical (unpaired) electrons. The summed E-state index contributed by atoms with van der Waals surface area (Å²) in [6.45, 7) is 1.75. The van der Waals surface area contributed by atoms with Crippen molar-refractivity contribution in [1.29, 1.82) is 0 Å². The van der Waals surface area contributed by atoms with Crippen molar-refractivity contribution in [3.8, 4) is 0 Å². The summed E-state index contributed by atoms with van der Waals surface area (Å²) in [5.74, 6) is -0.176. The van der Waals surface area contributed by atoms with Gasteiger partial charge in [-0.25, -0.2) is 0 Å². The highest BCUT2D eigenvalue weighted by Gasteiger charge is 2.15. The minimum Gasteiger partial charge on any atom is -0.326 e. The Morgan fingerprint density at radius 2 is 1.60 bits per heavy atom. The standard InChI is InChI=1S/C17H15Cl3N2O2S/c1-10(16(23)21-12-4-2-11(18)3-5-12)9-25-17(24)22-13-6-7-14(19)15(20)8-13/h2-8,10H,9H2,1H3,(H,21,23)(H,22,24). The Morgan fingerprint density at radius 3 is 2.24 bits per heavy atom. The van der Waals surface area contributed by atoms with E-state index < -0.39 is 0 Å². The molecule has 0 spiro atoms. The van der Waals surface area contributed by atoms with E-state index in [0.717, 1.165) is 11.8 Å². The Balaban J connectivity index is 1.80. The van der Waals surface area contributed by atoms with Crippen LogP contribution in [-0.2, 0) is 4.79 Å². The van der Waals surface area contributed by atoms with E-state index in [1.54, 1.807) is 49.4 Å². The predicted molar refractivity (Wildman–Crippen MR) is 107 cm³/mol. The van der Waals surface area contributed by atoms with Crippen molar-refractivity contribution in [3.63, 3.8) is 0 Å². The number of hydrogen-bond acceptors (Lipinski definition) is 3. The normalized spacial score (nSPS) is 11.7. The molecule has 0 saturated carbocycles. The minimum atomic E-state index is -0.347. The van der Waals surface area contributed by atoms with Crippen LogP contribution >= 0.6 is 46.6 Å². The zero-order valence-electron chi connectivity index (χ0n) is 13.2. The summed E-state index contributed by atoms with van der Waals surface area (Å²) in [7, 11) is 0. The van der Waals surface area contributed by atoms with Gasteiger partial charge in [0.05, 0.1) is 10.0 Å². The number of rotatable bonds is 5. The molecule has 2 aromatic rings. The molecular formula is C17H15Cl3N2O2S. The topological polar surface area (TPSA) is 58.2 Å². The van der Waals surface area contributed by atoms with Crippen LogP contribution in [0.4, 0.5) is 16.2 Å². The maximum Gasteiger partial charge on any atom is 0.283 e. The maximum atomic E-state index is 12.1. The molecule has 0 fully saturated rings. The number of benzene rings is 2. The molecule has 1 unspecified atom stereocenters. The number of carbonyl (C=O) groups excluding carboxylic acids is 2. The van der Waals surface area contributed by atoms with Crippen molar-refractivity contribution in [2.24, 2.45) is 5.92 Å². The van der Waals surface area contributed by atoms with E-state index >= 15 is 0 Å². The largest absolute Gasteiger partial charge is 0.326 e. The summed E-state index contributed by atoms with van der Waals surface area (Å²) in [5.41, 5.74) is 1.21. The highest BCUT2D eigenvalue weighted by molar-refractivity contribution is 8.13. The van der Waals surface area contributed by atoms with Crippen LogP contribution in [0.1, 0.15) is 6.92 Å². The second-order valence-electron chi connectivity index (χ2n) is 5.25. The lowest BCUT2D eigenvalue weighted by atomic mass is 10.2. The molecule has 2 amide bonds. The fourth-order valence-electron chi connectivity index (χ4n) is 1.80. The van der Waals surface area contributed by atoms with Crippen molar-refractivity contribution in [3.05, 3.63) is 57.5 Å². The van der Waals surface area contributed by atoms with Crippen LogP contribution < -0.4 is 10.6 Å². The summed E-state index contributed by atoms with van der Waals surface area (Å²) in [6.07, 6.45) is 0. The molecule has 0 saturated heterocycles. The Kier molecular flexibility index (Phi) is 7.44. The summed E-state index contributed by atoms with van der Waals surface area (Å²) in [5, 5.41) is 6.58. The lowest BCUT2D eigenvalue weighted by Crippen LogP contribution is -2.23. The molecule has 2 aromatic carbocycles. The second-order valence-corrected chi connectivity index (χ2v) is 7.49. The molecule has 0 aliphatic rings. The first-order chi connectivity index (χ1) is 11.8. The van der Waals surface area contributed by atoms with Gasteiger partial charge in [-0.15, -0.1) is 0 Å². The van der Waals surface area contributed by atoms with Gasteiger partial charge in [0.25, 0.3) is 5.24 Å². The summed E-state index contributed by atoms with van der Waals surface area (Å²) in [6, 6.07) is 11.7. The minimum absolute atomic E-state index is 0.169. The van der Waals surface area contributed by atoms with E-state index in [1.165, 1.54) is 0 Å². The van der Waals surface area contributed by atoms with Crippen LogP contribution in [0.25, 0.3) is 0 Å². The van der Waals surface area contributed by atoms with E-state index in [-0.39, 0.29) is 17.1 Å². The first-order valence-electron chi connectivity index (χ1n) is 7.30. The predicted octanol–water partition coefficient (Wildman–Crippen LogP) is 6.19. The molecule has 0 aliphatic carbocycles. The molecule has 2 N–H and O–H groups in total. The molecule has 2 rings (SSSR count). The second kappa shape index (κ2) is 9.34. The van der Waals surface area contributed by atoms with Crippen LogP contribution in [0.15, 0.2) is 42.5 Å². The number of hydrogen-bond donors (Lipinski definition) is 2. The van der Waals surface area contributed by atoms with E-state index in [9.17, 15) is 9.59 Å². The molecule has 0 aromatic heterocycles. The van der Waals surface area contributed by atoms with Gasteiger partial charge in [-0.2, -0.15) is 0 Å². The Hall–Kier alpha value is -1.40. The first kappa shape index (κ1) is 19.9. The molecule has 8 heteroatoms. The van der Waals surface area contributed by atoms with E-state index in [2.05, 4.69) is 10.6 Å². The Bertz CT molecular complexity index is 769. The zero-order chi connectivity index (χ0) is 18.4. The molecule has 0 heterocycles. The third kappa shape index (κ3) is 6.44. The quantitative estimate of drug-likeness (QED) is 0.610. The van der Waals surface area contributed by atoms with Gasteiger partial charge < -0.3 is 10.6 Å². The maximum absolute atomic E-state index is 12.1. The van der Waals surface area contributed by atoms with Gasteiger partial charge >= 0.3 is 0 Å². The van der Waals surface area contributed by atoms with Crippen LogP contribution in [0.3, 0.4) is 0 Å². The van der Waals surface area contributed by atoms with Gasteiger partial charge in [-0.05, 0) is 42.5 Å². The molecular weight excluding hydrogens is 403 g/mol. The smallest absolute Gasteiger partial charge is 0.283 e. The fourth-order valence-corrected chi connectivity index (χ4v) is 2.97. The molecule has 1 atom stereocenters. The van der Waals surface area contributed by atoms with Crippen LogP contribution in [0.5, 0.6) is 0 Å². The van der Waals surface area contributed by atoms with Crippen LogP contribution in [-0.4, -0.2) is 16.9 Å². The van der Waals surface area contributed by atoms with E-state index in [4.69, 9.17) is 34.8 Å². The summed E-state index contributed by atoms with van der Waals surface area (Å²) in [4.78, 5) is 24.1. The number of carbonyl (C=O) groups is 2. The van der Waals surface area contributed by atoms with Crippen molar-refractivity contribution in [1.82, 2.24) is 0 Å². The monoisotopic (exact) mass is 416 g/mol. The van der Waals surface area contributed by atoms with Gasteiger partial charge in [-0.1, -0.05) is 53.5 Å². The number of thioether (sulfide) groups is 1. The fraction of sp³-hybridized carbons (Fsp3) is 0.176. The van der Waals surface area contributed by atoms with Gasteiger partial charge in [-0.3, -0.25) is 9.59 Å². The van der Waals surface area contributed by atoms with Crippen molar-refractivity contribution in [2.45, 2.75) is 6.92 Å². The zero-order valence-corrected chi connectivity index (χ0v) is 16.3. The lowest BCUT2D eigenvalue weighted by molar-refractivity contribution is -0.118. The first-order valence-corrected chi connectivity index (χ1v) is 9.42. The van der Waals surface area contributed by atoms with Gasteiger partial charge in [0.15, 0.2) is 0 Å². The Morgan fingerprint density at radius 1 is 0.960 bits per heavy atom. The highest BCUT2D eigenvalue weighted by atomic mass is 35.5. The highest BCUT2D eigenvalue weighted by Crippen LogP contribution is 2.26. The molecule has 4 nitrogen and oxygen atoms in total. The van der Waals surface area contributed by atoms with Crippen LogP contribution in [0, 0.1) is 5.92 Å². The van der Waals surface area contributed by atoms with Crippen molar-refractivity contribution >= 4 is 69.1 Å². The Labute approximate surface area is 165 Å². The van der Waals surface area contributed by atoms with Crippen molar-refractivity contribution < 1.29 is 9.59 Å². The number of anilines is 2. The van der Waals surface area contributed by atoms with Gasteiger partial charge in [0, 0.05) is 28.1 Å². The van der Waals surface area contributed by atoms with Crippen LogP contribution in [0.2, 0.25) is 15.1 Å². The number of nitrogens with one attached hydrogen (secondary N) is 2. The average Bonchev–Trinajstić information content (AvgIpc) is 2.58. The van der Waals surface area contributed by atoms with Crippen molar-refractivity contribution in [2.75, 3.05) is 16.4 Å². The lowest BCUT2D eigenvalue weighted by Gasteiger charge is -2.12. The average molecular weight is 418 g/mol. The number of halogens is 3. The van der Waals surface area contributed by atoms with Gasteiger partial charge in [0.2, 0.25) is 5.91 Å². The summed E-state index contributed by atoms with van der Waals surface area (Å²) < 4.78 is 0.